The highest BCUT2D eigenvalue weighted by Crippen LogP contribution is 2.32. The maximum Gasteiger partial charge on any atom is 0.246 e. The third-order valence-corrected chi connectivity index (χ3v) is 7.70. The zero-order chi connectivity index (χ0) is 22.6. The first-order valence-corrected chi connectivity index (χ1v) is 12.2. The molecule has 1 aliphatic rings. The van der Waals surface area contributed by atoms with E-state index in [2.05, 4.69) is 5.32 Å². The molecule has 2 aromatic rings. The number of hydrogen-bond acceptors (Lipinski definition) is 4. The van der Waals surface area contributed by atoms with Crippen molar-refractivity contribution in [2.75, 3.05) is 20.2 Å². The Hall–Kier alpha value is -2.38. The van der Waals surface area contributed by atoms with Crippen LogP contribution in [-0.4, -0.2) is 38.8 Å². The zero-order valence-corrected chi connectivity index (χ0v) is 19.5. The number of benzene rings is 2. The van der Waals surface area contributed by atoms with Gasteiger partial charge in [0.15, 0.2) is 0 Å². The summed E-state index contributed by atoms with van der Waals surface area (Å²) < 4.78 is 33.6. The van der Waals surface area contributed by atoms with Crippen molar-refractivity contribution in [1.82, 2.24) is 9.62 Å². The van der Waals surface area contributed by atoms with Gasteiger partial charge in [-0.2, -0.15) is 4.31 Å². The first kappa shape index (κ1) is 23.3. The number of carbonyl (C=O) groups is 1. The molecule has 0 unspecified atom stereocenters. The van der Waals surface area contributed by atoms with Crippen molar-refractivity contribution in [2.45, 2.75) is 51.0 Å². The molecule has 0 bridgehead atoms. The fourth-order valence-corrected chi connectivity index (χ4v) is 5.52. The van der Waals surface area contributed by atoms with Crippen LogP contribution in [0.1, 0.15) is 49.3 Å². The molecule has 0 radical (unpaired) electrons. The van der Waals surface area contributed by atoms with Gasteiger partial charge in [-0.05, 0) is 48.9 Å². The Morgan fingerprint density at radius 2 is 1.90 bits per heavy atom. The van der Waals surface area contributed by atoms with Gasteiger partial charge in [0.1, 0.15) is 10.6 Å². The van der Waals surface area contributed by atoms with Gasteiger partial charge in [-0.15, -0.1) is 0 Å². The van der Waals surface area contributed by atoms with E-state index in [1.54, 1.807) is 12.1 Å². The topological polar surface area (TPSA) is 75.7 Å². The molecule has 0 aromatic heterocycles. The highest BCUT2D eigenvalue weighted by atomic mass is 32.2. The number of carbonyl (C=O) groups excluding carboxylic acids is 1. The van der Waals surface area contributed by atoms with E-state index in [9.17, 15) is 13.2 Å². The standard InChI is InChI=1S/C24H32N2O4S/c1-17(2)20-11-12-22(30-4)23(14-20)31(28,29)26-13-5-6-21(16-26)24(27)25-15-19-9-7-18(3)8-10-19/h7-12,14,17,21H,5-6,13,15-16H2,1-4H3,(H,25,27)/t21-/m0/s1. The van der Waals surface area contributed by atoms with Crippen molar-refractivity contribution in [3.63, 3.8) is 0 Å². The summed E-state index contributed by atoms with van der Waals surface area (Å²) in [5.41, 5.74) is 3.12. The lowest BCUT2D eigenvalue weighted by Gasteiger charge is -2.31. The highest BCUT2D eigenvalue weighted by Gasteiger charge is 2.35. The van der Waals surface area contributed by atoms with E-state index in [1.165, 1.54) is 17.0 Å². The quantitative estimate of drug-likeness (QED) is 0.704. The van der Waals surface area contributed by atoms with E-state index >= 15 is 0 Å². The molecule has 6 nitrogen and oxygen atoms in total. The minimum Gasteiger partial charge on any atom is -0.495 e. The number of amides is 1. The lowest BCUT2D eigenvalue weighted by Crippen LogP contribution is -2.45. The van der Waals surface area contributed by atoms with Crippen LogP contribution >= 0.6 is 0 Å². The van der Waals surface area contributed by atoms with Gasteiger partial charge in [-0.25, -0.2) is 8.42 Å². The molecular weight excluding hydrogens is 412 g/mol. The van der Waals surface area contributed by atoms with Crippen molar-refractivity contribution >= 4 is 15.9 Å². The average Bonchev–Trinajstić information content (AvgIpc) is 2.78. The summed E-state index contributed by atoms with van der Waals surface area (Å²) in [5, 5.41) is 2.96. The Balaban J connectivity index is 1.74. The molecule has 1 saturated heterocycles. The molecular formula is C24H32N2O4S. The summed E-state index contributed by atoms with van der Waals surface area (Å²) in [5.74, 6) is 0.0495. The van der Waals surface area contributed by atoms with Gasteiger partial charge in [-0.3, -0.25) is 4.79 Å². The predicted molar refractivity (Wildman–Crippen MR) is 122 cm³/mol. The lowest BCUT2D eigenvalue weighted by molar-refractivity contribution is -0.126. The molecule has 2 aromatic carbocycles. The first-order chi connectivity index (χ1) is 14.7. The largest absolute Gasteiger partial charge is 0.495 e. The predicted octanol–water partition coefficient (Wildman–Crippen LogP) is 3.84. The van der Waals surface area contributed by atoms with Gasteiger partial charge < -0.3 is 10.1 Å². The molecule has 1 fully saturated rings. The number of rotatable bonds is 7. The maximum absolute atomic E-state index is 13.4. The second-order valence-electron chi connectivity index (χ2n) is 8.47. The van der Waals surface area contributed by atoms with E-state index in [0.717, 1.165) is 11.1 Å². The normalized spacial score (nSPS) is 17.5. The maximum atomic E-state index is 13.4. The van der Waals surface area contributed by atoms with Crippen molar-refractivity contribution < 1.29 is 17.9 Å². The second kappa shape index (κ2) is 9.83. The molecule has 3 rings (SSSR count). The number of nitrogens with zero attached hydrogens (tertiary/aromatic N) is 1. The van der Waals surface area contributed by atoms with E-state index in [4.69, 9.17) is 4.74 Å². The monoisotopic (exact) mass is 444 g/mol. The fourth-order valence-electron chi connectivity index (χ4n) is 3.81. The Labute approximate surface area is 185 Å². The third kappa shape index (κ3) is 5.46. The summed E-state index contributed by atoms with van der Waals surface area (Å²) in [6, 6.07) is 13.3. The van der Waals surface area contributed by atoms with Crippen LogP contribution in [-0.2, 0) is 21.4 Å². The number of sulfonamides is 1. The van der Waals surface area contributed by atoms with Gasteiger partial charge in [0.05, 0.1) is 13.0 Å². The minimum absolute atomic E-state index is 0.108. The molecule has 0 saturated carbocycles. The van der Waals surface area contributed by atoms with E-state index in [0.29, 0.717) is 31.7 Å². The van der Waals surface area contributed by atoms with E-state index in [-0.39, 0.29) is 29.2 Å². The van der Waals surface area contributed by atoms with Gasteiger partial charge in [0.25, 0.3) is 0 Å². The van der Waals surface area contributed by atoms with Crippen molar-refractivity contribution in [3.05, 3.63) is 59.2 Å². The van der Waals surface area contributed by atoms with Gasteiger partial charge in [-0.1, -0.05) is 49.7 Å². The molecule has 168 valence electrons. The van der Waals surface area contributed by atoms with Crippen molar-refractivity contribution in [2.24, 2.45) is 5.92 Å². The number of piperidine rings is 1. The molecule has 1 aliphatic heterocycles. The Morgan fingerprint density at radius 1 is 1.19 bits per heavy atom. The van der Waals surface area contributed by atoms with Crippen LogP contribution in [0.25, 0.3) is 0 Å². The lowest BCUT2D eigenvalue weighted by atomic mass is 9.98. The number of aryl methyl sites for hydroxylation is 1. The number of methoxy groups -OCH3 is 1. The summed E-state index contributed by atoms with van der Waals surface area (Å²) in [6.45, 7) is 7.08. The minimum atomic E-state index is -3.77. The number of hydrogen-bond donors (Lipinski definition) is 1. The average molecular weight is 445 g/mol. The number of ether oxygens (including phenoxy) is 1. The molecule has 31 heavy (non-hydrogen) atoms. The van der Waals surface area contributed by atoms with Crippen molar-refractivity contribution in [3.8, 4) is 5.75 Å². The van der Waals surface area contributed by atoms with E-state index < -0.39 is 10.0 Å². The SMILES string of the molecule is COc1ccc(C(C)C)cc1S(=O)(=O)N1CCC[C@H](C(=O)NCc2ccc(C)cc2)C1. The molecule has 1 atom stereocenters. The molecule has 1 heterocycles. The third-order valence-electron chi connectivity index (χ3n) is 5.81. The Kier molecular flexibility index (Phi) is 7.38. The van der Waals surface area contributed by atoms with E-state index in [1.807, 2.05) is 51.1 Å². The molecule has 0 spiro atoms. The Morgan fingerprint density at radius 3 is 2.55 bits per heavy atom. The van der Waals surface area contributed by atoms with Crippen LogP contribution in [0.5, 0.6) is 5.75 Å². The van der Waals surface area contributed by atoms with Crippen molar-refractivity contribution in [1.29, 1.82) is 0 Å². The second-order valence-corrected chi connectivity index (χ2v) is 10.4. The summed E-state index contributed by atoms with van der Waals surface area (Å²) in [7, 11) is -2.30. The fraction of sp³-hybridized carbons (Fsp3) is 0.458. The van der Waals surface area contributed by atoms with Crippen LogP contribution in [0, 0.1) is 12.8 Å². The highest BCUT2D eigenvalue weighted by molar-refractivity contribution is 7.89. The van der Waals surface area contributed by atoms with Gasteiger partial charge in [0.2, 0.25) is 15.9 Å². The zero-order valence-electron chi connectivity index (χ0n) is 18.7. The van der Waals surface area contributed by atoms with Gasteiger partial charge >= 0.3 is 0 Å². The van der Waals surface area contributed by atoms with Crippen LogP contribution in [0.4, 0.5) is 0 Å². The first-order valence-electron chi connectivity index (χ1n) is 10.7. The summed E-state index contributed by atoms with van der Waals surface area (Å²) in [4.78, 5) is 12.9. The van der Waals surface area contributed by atoms with Crippen LogP contribution in [0.15, 0.2) is 47.4 Å². The van der Waals surface area contributed by atoms with Crippen LogP contribution in [0.3, 0.4) is 0 Å². The molecule has 1 N–H and O–H groups in total. The Bertz CT molecular complexity index is 1020. The van der Waals surface area contributed by atoms with Crippen LogP contribution < -0.4 is 10.1 Å². The molecule has 0 aliphatic carbocycles. The smallest absolute Gasteiger partial charge is 0.246 e. The molecule has 7 heteroatoms. The van der Waals surface area contributed by atoms with Gasteiger partial charge in [0, 0.05) is 19.6 Å². The summed E-state index contributed by atoms with van der Waals surface area (Å²) in [6.07, 6.45) is 1.32. The number of nitrogens with one attached hydrogen (secondary N) is 1. The molecule has 1 amide bonds. The van der Waals surface area contributed by atoms with Crippen LogP contribution in [0.2, 0.25) is 0 Å². The summed E-state index contributed by atoms with van der Waals surface area (Å²) >= 11 is 0.